The van der Waals surface area contributed by atoms with Crippen molar-refractivity contribution in [3.63, 3.8) is 0 Å². The molecule has 1 heterocycles. The molecule has 1 saturated carbocycles. The third-order valence-electron chi connectivity index (χ3n) is 6.77. The van der Waals surface area contributed by atoms with Crippen LogP contribution in [0.2, 0.25) is 0 Å². The van der Waals surface area contributed by atoms with Crippen LogP contribution >= 0.6 is 0 Å². The second-order valence-corrected chi connectivity index (χ2v) is 9.32. The second kappa shape index (κ2) is 9.75. The van der Waals surface area contributed by atoms with Crippen molar-refractivity contribution in [3.8, 4) is 0 Å². The summed E-state index contributed by atoms with van der Waals surface area (Å²) in [5.74, 6) is 1.71. The van der Waals surface area contributed by atoms with E-state index in [2.05, 4.69) is 70.1 Å². The number of fused-ring (bicyclic) bond motifs is 2. The number of anilines is 2. The summed E-state index contributed by atoms with van der Waals surface area (Å²) >= 11 is 0. The Morgan fingerprint density at radius 2 is 1.48 bits per heavy atom. The monoisotopic (exact) mass is 439 g/mol. The highest BCUT2D eigenvalue weighted by Gasteiger charge is 2.22. The molecule has 0 unspecified atom stereocenters. The number of nitrogens with zero attached hydrogens (tertiary/aromatic N) is 3. The van der Waals surface area contributed by atoms with Gasteiger partial charge >= 0.3 is 0 Å². The summed E-state index contributed by atoms with van der Waals surface area (Å²) in [6.45, 7) is 1.02. The molecule has 4 aromatic rings. The molecule has 1 aliphatic rings. The van der Waals surface area contributed by atoms with Crippen LogP contribution in [0, 0.1) is 0 Å². The topological polar surface area (TPSA) is 53.1 Å². The first-order valence-corrected chi connectivity index (χ1v) is 12.1. The van der Waals surface area contributed by atoms with E-state index in [0.29, 0.717) is 12.1 Å². The molecule has 0 amide bonds. The molecule has 0 aliphatic heterocycles. The summed E-state index contributed by atoms with van der Waals surface area (Å²) in [6, 6.07) is 24.5. The van der Waals surface area contributed by atoms with E-state index in [1.54, 1.807) is 0 Å². The fourth-order valence-electron chi connectivity index (χ4n) is 5.01. The fourth-order valence-corrected chi connectivity index (χ4v) is 5.01. The highest BCUT2D eigenvalue weighted by atomic mass is 15.2. The molecular formula is C28H33N5. The normalized spacial score (nSPS) is 18.5. The highest BCUT2D eigenvalue weighted by Crippen LogP contribution is 2.26. The van der Waals surface area contributed by atoms with Gasteiger partial charge in [0.1, 0.15) is 5.82 Å². The van der Waals surface area contributed by atoms with Gasteiger partial charge in [0.15, 0.2) is 0 Å². The zero-order valence-electron chi connectivity index (χ0n) is 19.6. The fraction of sp³-hybridized carbons (Fsp3) is 0.357. The zero-order chi connectivity index (χ0) is 22.6. The van der Waals surface area contributed by atoms with Gasteiger partial charge in [-0.2, -0.15) is 4.98 Å². The zero-order valence-corrected chi connectivity index (χ0v) is 19.6. The molecule has 5 heteroatoms. The average molecular weight is 440 g/mol. The average Bonchev–Trinajstić information content (AvgIpc) is 2.85. The first-order valence-electron chi connectivity index (χ1n) is 12.1. The van der Waals surface area contributed by atoms with Crippen molar-refractivity contribution >= 4 is 33.4 Å². The van der Waals surface area contributed by atoms with Crippen LogP contribution in [0.4, 0.5) is 11.8 Å². The molecule has 0 radical (unpaired) electrons. The highest BCUT2D eigenvalue weighted by molar-refractivity contribution is 5.90. The van der Waals surface area contributed by atoms with E-state index in [4.69, 9.17) is 9.97 Å². The van der Waals surface area contributed by atoms with Gasteiger partial charge in [-0.3, -0.25) is 0 Å². The van der Waals surface area contributed by atoms with E-state index in [9.17, 15) is 0 Å². The van der Waals surface area contributed by atoms with E-state index in [-0.39, 0.29) is 0 Å². The molecule has 0 spiro atoms. The van der Waals surface area contributed by atoms with Gasteiger partial charge in [-0.15, -0.1) is 0 Å². The van der Waals surface area contributed by atoms with Crippen molar-refractivity contribution in [1.82, 2.24) is 15.3 Å². The van der Waals surface area contributed by atoms with Gasteiger partial charge in [0, 0.05) is 31.6 Å². The number of benzene rings is 3. The molecule has 3 aromatic carbocycles. The van der Waals surface area contributed by atoms with Gasteiger partial charge in [0.2, 0.25) is 5.95 Å². The smallest absolute Gasteiger partial charge is 0.225 e. The maximum Gasteiger partial charge on any atom is 0.225 e. The molecular weight excluding hydrogens is 406 g/mol. The lowest BCUT2D eigenvalue weighted by molar-refractivity contribution is 0.355. The summed E-state index contributed by atoms with van der Waals surface area (Å²) in [6.07, 6.45) is 5.71. The first kappa shape index (κ1) is 21.7. The number of hydrogen-bond acceptors (Lipinski definition) is 5. The van der Waals surface area contributed by atoms with Crippen molar-refractivity contribution in [2.75, 3.05) is 30.9 Å². The minimum Gasteiger partial charge on any atom is -0.362 e. The number of nitrogens with one attached hydrogen (secondary N) is 2. The van der Waals surface area contributed by atoms with E-state index in [0.717, 1.165) is 48.5 Å². The van der Waals surface area contributed by atoms with Gasteiger partial charge in [-0.05, 0) is 67.1 Å². The third-order valence-corrected chi connectivity index (χ3v) is 6.77. The Hall–Kier alpha value is -3.18. The lowest BCUT2D eigenvalue weighted by Gasteiger charge is -2.30. The van der Waals surface area contributed by atoms with E-state index in [1.165, 1.54) is 29.2 Å². The van der Waals surface area contributed by atoms with Crippen LogP contribution < -0.4 is 15.5 Å². The van der Waals surface area contributed by atoms with Crippen LogP contribution in [-0.2, 0) is 6.42 Å². The summed E-state index contributed by atoms with van der Waals surface area (Å²) in [4.78, 5) is 11.6. The van der Waals surface area contributed by atoms with Crippen molar-refractivity contribution in [2.24, 2.45) is 0 Å². The molecule has 1 fully saturated rings. The minimum atomic E-state index is 0.428. The SMILES string of the molecule is CN(C)c1nc(NC2CCC(NCCc3cccc4ccccc34)CC2)nc2ccccc12. The largest absolute Gasteiger partial charge is 0.362 e. The number of para-hydroxylation sites is 1. The van der Waals surface area contributed by atoms with Gasteiger partial charge in [-0.25, -0.2) is 4.98 Å². The predicted octanol–water partition coefficient (Wildman–Crippen LogP) is 5.40. The molecule has 33 heavy (non-hydrogen) atoms. The molecule has 1 aromatic heterocycles. The lowest BCUT2D eigenvalue weighted by Crippen LogP contribution is -2.38. The first-order chi connectivity index (χ1) is 16.2. The maximum absolute atomic E-state index is 4.81. The van der Waals surface area contributed by atoms with E-state index < -0.39 is 0 Å². The van der Waals surface area contributed by atoms with E-state index in [1.807, 2.05) is 26.2 Å². The van der Waals surface area contributed by atoms with E-state index >= 15 is 0 Å². The standard InChI is InChI=1S/C28H33N5/c1-33(2)27-25-12-5-6-13-26(25)31-28(32-27)30-23-16-14-22(15-17-23)29-19-18-21-10-7-9-20-8-3-4-11-24(20)21/h3-13,22-23,29H,14-19H2,1-2H3,(H,30,31,32). The molecule has 0 saturated heterocycles. The van der Waals surface area contributed by atoms with Crippen molar-refractivity contribution in [2.45, 2.75) is 44.2 Å². The van der Waals surface area contributed by atoms with Crippen LogP contribution in [0.25, 0.3) is 21.7 Å². The molecule has 0 bridgehead atoms. The minimum absolute atomic E-state index is 0.428. The molecule has 5 rings (SSSR count). The van der Waals surface area contributed by atoms with Crippen molar-refractivity contribution in [1.29, 1.82) is 0 Å². The Balaban J connectivity index is 1.15. The van der Waals surface area contributed by atoms with Crippen LogP contribution in [0.5, 0.6) is 0 Å². The number of aromatic nitrogens is 2. The third kappa shape index (κ3) is 4.93. The Labute approximate surface area is 196 Å². The van der Waals surface area contributed by atoms with Gasteiger partial charge in [0.05, 0.1) is 5.52 Å². The second-order valence-electron chi connectivity index (χ2n) is 9.32. The van der Waals surface area contributed by atoms with Gasteiger partial charge in [0.25, 0.3) is 0 Å². The summed E-state index contributed by atoms with van der Waals surface area (Å²) in [5, 5.41) is 11.2. The van der Waals surface area contributed by atoms with Gasteiger partial charge < -0.3 is 15.5 Å². The molecule has 1 aliphatic carbocycles. The number of hydrogen-bond donors (Lipinski definition) is 2. The Bertz CT molecular complexity index is 1220. The lowest BCUT2D eigenvalue weighted by atomic mass is 9.91. The molecule has 2 N–H and O–H groups in total. The molecule has 5 nitrogen and oxygen atoms in total. The Morgan fingerprint density at radius 1 is 0.788 bits per heavy atom. The maximum atomic E-state index is 4.81. The number of rotatable bonds is 7. The van der Waals surface area contributed by atoms with Crippen LogP contribution in [0.15, 0.2) is 66.7 Å². The summed E-state index contributed by atoms with van der Waals surface area (Å²) < 4.78 is 0. The molecule has 170 valence electrons. The van der Waals surface area contributed by atoms with Crippen LogP contribution in [0.1, 0.15) is 31.2 Å². The summed E-state index contributed by atoms with van der Waals surface area (Å²) in [7, 11) is 4.07. The predicted molar refractivity (Wildman–Crippen MR) is 139 cm³/mol. The van der Waals surface area contributed by atoms with Crippen LogP contribution in [-0.4, -0.2) is 42.7 Å². The van der Waals surface area contributed by atoms with Gasteiger partial charge in [-0.1, -0.05) is 54.6 Å². The van der Waals surface area contributed by atoms with Crippen molar-refractivity contribution < 1.29 is 0 Å². The molecule has 0 atom stereocenters. The summed E-state index contributed by atoms with van der Waals surface area (Å²) in [5.41, 5.74) is 2.42. The Morgan fingerprint density at radius 3 is 2.30 bits per heavy atom. The van der Waals surface area contributed by atoms with Crippen molar-refractivity contribution in [3.05, 3.63) is 72.3 Å². The quantitative estimate of drug-likeness (QED) is 0.404. The Kier molecular flexibility index (Phi) is 6.40. The van der Waals surface area contributed by atoms with Crippen LogP contribution in [0.3, 0.4) is 0 Å².